The average molecular weight is 417 g/mol. The van der Waals surface area contributed by atoms with E-state index in [1.54, 1.807) is 6.92 Å². The van der Waals surface area contributed by atoms with E-state index in [2.05, 4.69) is 5.32 Å². The van der Waals surface area contributed by atoms with E-state index in [0.717, 1.165) is 30.9 Å². The Bertz CT molecular complexity index is 754. The number of aliphatic carboxylic acids is 2. The molecule has 2 heterocycles. The molecule has 0 aliphatic carbocycles. The van der Waals surface area contributed by atoms with Gasteiger partial charge in [0.1, 0.15) is 0 Å². The topological polar surface area (TPSA) is 110 Å². The van der Waals surface area contributed by atoms with Crippen molar-refractivity contribution in [1.29, 1.82) is 0 Å². The predicted molar refractivity (Wildman–Crippen MR) is 96.7 cm³/mol. The lowest BCUT2D eigenvalue weighted by molar-refractivity contribution is -0.192. The van der Waals surface area contributed by atoms with Gasteiger partial charge in [-0.05, 0) is 24.1 Å². The number of carbonyl (C=O) groups is 3. The molecule has 160 valence electrons. The Kier molecular flexibility index (Phi) is 7.07. The lowest BCUT2D eigenvalue weighted by atomic mass is 10.0. The molecule has 11 heteroatoms. The van der Waals surface area contributed by atoms with Crippen molar-refractivity contribution in [2.75, 3.05) is 31.1 Å². The summed E-state index contributed by atoms with van der Waals surface area (Å²) in [5.74, 6) is -3.95. The molecule has 8 nitrogen and oxygen atoms in total. The number of benzene rings is 1. The fourth-order valence-electron chi connectivity index (χ4n) is 3.09. The molecule has 0 spiro atoms. The highest BCUT2D eigenvalue weighted by Gasteiger charge is 2.39. The molecule has 0 saturated carbocycles. The van der Waals surface area contributed by atoms with Crippen molar-refractivity contribution in [3.05, 3.63) is 29.8 Å². The number of nitrogens with one attached hydrogen (secondary N) is 1. The summed E-state index contributed by atoms with van der Waals surface area (Å²) in [7, 11) is 0. The molecule has 1 aromatic rings. The maximum absolute atomic E-state index is 12.4. The van der Waals surface area contributed by atoms with Crippen LogP contribution in [-0.4, -0.2) is 71.5 Å². The number of fused-ring (bicyclic) bond motifs is 1. The summed E-state index contributed by atoms with van der Waals surface area (Å²) in [4.78, 5) is 36.0. The lowest BCUT2D eigenvalue weighted by Crippen LogP contribution is -2.49. The fraction of sp³-hybridized carbons (Fsp3) is 0.500. The molecule has 2 amide bonds. The van der Waals surface area contributed by atoms with Gasteiger partial charge in [0.15, 0.2) is 0 Å². The van der Waals surface area contributed by atoms with Crippen LogP contribution in [0.1, 0.15) is 12.5 Å². The van der Waals surface area contributed by atoms with Gasteiger partial charge in [-0.3, -0.25) is 9.69 Å². The second kappa shape index (κ2) is 9.12. The average Bonchev–Trinajstić information content (AvgIpc) is 2.99. The highest BCUT2D eigenvalue weighted by atomic mass is 19.4. The molecule has 0 bridgehead atoms. The summed E-state index contributed by atoms with van der Waals surface area (Å²) in [6.07, 6.45) is -4.58. The van der Waals surface area contributed by atoms with Gasteiger partial charge in [-0.2, -0.15) is 13.2 Å². The maximum atomic E-state index is 12.4. The predicted octanol–water partition coefficient (Wildman–Crippen LogP) is 1.80. The Morgan fingerprint density at radius 2 is 1.83 bits per heavy atom. The number of hydrogen-bond donors (Lipinski definition) is 3. The van der Waals surface area contributed by atoms with Gasteiger partial charge in [0, 0.05) is 31.9 Å². The van der Waals surface area contributed by atoms with Gasteiger partial charge in [0.2, 0.25) is 0 Å². The molecule has 29 heavy (non-hydrogen) atoms. The largest absolute Gasteiger partial charge is 0.490 e. The number of rotatable bonds is 4. The summed E-state index contributed by atoms with van der Waals surface area (Å²) >= 11 is 0. The van der Waals surface area contributed by atoms with E-state index in [0.29, 0.717) is 13.0 Å². The summed E-state index contributed by atoms with van der Waals surface area (Å²) in [5.41, 5.74) is 1.86. The quantitative estimate of drug-likeness (QED) is 0.689. The van der Waals surface area contributed by atoms with Crippen LogP contribution in [-0.2, 0) is 16.0 Å². The maximum Gasteiger partial charge on any atom is 0.490 e. The van der Waals surface area contributed by atoms with Gasteiger partial charge in [-0.15, -0.1) is 0 Å². The fourth-order valence-corrected chi connectivity index (χ4v) is 3.09. The van der Waals surface area contributed by atoms with E-state index < -0.39 is 24.0 Å². The molecular formula is C18H22F3N3O5. The molecule has 2 saturated heterocycles. The second-order valence-electron chi connectivity index (χ2n) is 6.86. The van der Waals surface area contributed by atoms with E-state index in [-0.39, 0.29) is 12.1 Å². The van der Waals surface area contributed by atoms with Crippen LogP contribution in [0.2, 0.25) is 0 Å². The van der Waals surface area contributed by atoms with Gasteiger partial charge < -0.3 is 20.4 Å². The molecule has 3 N–H and O–H groups in total. The van der Waals surface area contributed by atoms with Crippen LogP contribution in [0.4, 0.5) is 23.7 Å². The number of piperazine rings is 1. The van der Waals surface area contributed by atoms with Crippen molar-refractivity contribution < 1.29 is 37.8 Å². The first-order valence-electron chi connectivity index (χ1n) is 8.91. The number of carboxylic acid groups (broad SMARTS) is 2. The van der Waals surface area contributed by atoms with Crippen LogP contribution < -0.4 is 10.2 Å². The van der Waals surface area contributed by atoms with Gasteiger partial charge in [0.25, 0.3) is 0 Å². The van der Waals surface area contributed by atoms with Crippen LogP contribution in [0.15, 0.2) is 24.3 Å². The number of urea groups is 1. The monoisotopic (exact) mass is 417 g/mol. The van der Waals surface area contributed by atoms with Crippen LogP contribution in [0.25, 0.3) is 0 Å². The molecular weight excluding hydrogens is 395 g/mol. The van der Waals surface area contributed by atoms with E-state index in [9.17, 15) is 22.8 Å². The number of hydrogen-bond acceptors (Lipinski definition) is 4. The Morgan fingerprint density at radius 1 is 1.24 bits per heavy atom. The summed E-state index contributed by atoms with van der Waals surface area (Å²) in [5, 5.41) is 19.4. The molecule has 1 unspecified atom stereocenters. The minimum absolute atomic E-state index is 0.0677. The van der Waals surface area contributed by atoms with Crippen LogP contribution in [0.5, 0.6) is 0 Å². The SMILES string of the molecule is CC(Cc1ccc(N2C[C@@H]3CNCCN3C2=O)cc1)C(=O)O.O=C(O)C(F)(F)F. The van der Waals surface area contributed by atoms with E-state index >= 15 is 0 Å². The van der Waals surface area contributed by atoms with Gasteiger partial charge in [-0.1, -0.05) is 19.1 Å². The van der Waals surface area contributed by atoms with Gasteiger partial charge in [0.05, 0.1) is 12.0 Å². The smallest absolute Gasteiger partial charge is 0.481 e. The molecule has 1 aromatic carbocycles. The first-order chi connectivity index (χ1) is 13.5. The van der Waals surface area contributed by atoms with E-state index in [1.807, 2.05) is 34.1 Å². The van der Waals surface area contributed by atoms with Crippen LogP contribution in [0.3, 0.4) is 0 Å². The Labute approximate surface area is 164 Å². The third kappa shape index (κ3) is 5.83. The minimum atomic E-state index is -5.08. The molecule has 2 aliphatic rings. The first-order valence-corrected chi connectivity index (χ1v) is 8.91. The van der Waals surface area contributed by atoms with Crippen molar-refractivity contribution in [2.24, 2.45) is 5.92 Å². The van der Waals surface area contributed by atoms with Crippen molar-refractivity contribution in [2.45, 2.75) is 25.6 Å². The Hall–Kier alpha value is -2.82. The van der Waals surface area contributed by atoms with Crippen LogP contribution in [0, 0.1) is 5.92 Å². The molecule has 2 fully saturated rings. The molecule has 0 radical (unpaired) electrons. The van der Waals surface area contributed by atoms with Crippen LogP contribution >= 0.6 is 0 Å². The van der Waals surface area contributed by atoms with Crippen molar-refractivity contribution in [3.63, 3.8) is 0 Å². The first kappa shape index (κ1) is 22.5. The van der Waals surface area contributed by atoms with Gasteiger partial charge in [-0.25, -0.2) is 9.59 Å². The number of anilines is 1. The van der Waals surface area contributed by atoms with Crippen molar-refractivity contribution in [3.8, 4) is 0 Å². The highest BCUT2D eigenvalue weighted by Crippen LogP contribution is 2.25. The summed E-state index contributed by atoms with van der Waals surface area (Å²) in [6, 6.07) is 7.96. The van der Waals surface area contributed by atoms with E-state index in [4.69, 9.17) is 15.0 Å². The Balaban J connectivity index is 0.000000370. The Morgan fingerprint density at radius 3 is 2.31 bits per heavy atom. The number of carboxylic acids is 2. The standard InChI is InChI=1S/C16H21N3O3.C2HF3O2/c1-11(15(20)21)8-12-2-4-13(5-3-12)19-10-14-9-17-6-7-18(14)16(19)22;3-2(4,5)1(6)7/h2-5,11,14,17H,6-10H2,1H3,(H,20,21);(H,6,7)/t11?,14-;/m0./s1. The summed E-state index contributed by atoms with van der Waals surface area (Å²) in [6.45, 7) is 4.86. The lowest BCUT2D eigenvalue weighted by Gasteiger charge is -2.28. The third-order valence-corrected chi connectivity index (χ3v) is 4.67. The molecule has 2 atom stereocenters. The van der Waals surface area contributed by atoms with Crippen molar-refractivity contribution >= 4 is 23.7 Å². The number of halogens is 3. The molecule has 2 aliphatic heterocycles. The summed E-state index contributed by atoms with van der Waals surface area (Å²) < 4.78 is 31.7. The number of alkyl halides is 3. The third-order valence-electron chi connectivity index (χ3n) is 4.67. The number of nitrogens with zero attached hydrogens (tertiary/aromatic N) is 2. The number of amides is 2. The molecule has 3 rings (SSSR count). The molecule has 0 aromatic heterocycles. The van der Waals surface area contributed by atoms with Crippen molar-refractivity contribution in [1.82, 2.24) is 10.2 Å². The second-order valence-corrected chi connectivity index (χ2v) is 6.86. The number of carbonyl (C=O) groups excluding carboxylic acids is 1. The zero-order valence-corrected chi connectivity index (χ0v) is 15.6. The zero-order valence-electron chi connectivity index (χ0n) is 15.6. The minimum Gasteiger partial charge on any atom is -0.481 e. The zero-order chi connectivity index (χ0) is 21.8. The highest BCUT2D eigenvalue weighted by molar-refractivity contribution is 5.94. The van der Waals surface area contributed by atoms with Gasteiger partial charge >= 0.3 is 24.1 Å². The normalized spacial score (nSPS) is 19.9. The van der Waals surface area contributed by atoms with E-state index in [1.165, 1.54) is 0 Å².